The first-order chi connectivity index (χ1) is 9.72. The number of aromatic nitrogens is 2. The van der Waals surface area contributed by atoms with Crippen molar-refractivity contribution in [2.45, 2.75) is 24.0 Å². The fourth-order valence-electron chi connectivity index (χ4n) is 1.85. The molecule has 1 amide bonds. The molecule has 1 aromatic carbocycles. The maximum atomic E-state index is 13.3. The van der Waals surface area contributed by atoms with Gasteiger partial charge in [-0.3, -0.25) is 9.36 Å². The van der Waals surface area contributed by atoms with Crippen molar-refractivity contribution in [1.29, 1.82) is 0 Å². The monoisotopic (exact) mass is 291 g/mol. The summed E-state index contributed by atoms with van der Waals surface area (Å²) in [6, 6.07) is 6.66. The molecule has 0 spiro atoms. The van der Waals surface area contributed by atoms with Gasteiger partial charge in [0.05, 0.1) is 11.4 Å². The predicted molar refractivity (Wildman–Crippen MR) is 75.4 cm³/mol. The lowest BCUT2D eigenvalue weighted by Gasteiger charge is -2.07. The van der Waals surface area contributed by atoms with Crippen molar-refractivity contribution in [3.63, 3.8) is 0 Å². The lowest BCUT2D eigenvalue weighted by molar-refractivity contribution is -0.118. The summed E-state index contributed by atoms with van der Waals surface area (Å²) in [5.41, 5.74) is 0.701. The van der Waals surface area contributed by atoms with Crippen LogP contribution in [0.3, 0.4) is 0 Å². The molecule has 2 aromatic rings. The highest BCUT2D eigenvalue weighted by molar-refractivity contribution is 7.99. The van der Waals surface area contributed by atoms with Crippen LogP contribution >= 0.6 is 11.8 Å². The van der Waals surface area contributed by atoms with Crippen LogP contribution in [0.15, 0.2) is 41.8 Å². The number of carbonyl (C=O) groups is 1. The Labute approximate surface area is 120 Å². The van der Waals surface area contributed by atoms with E-state index in [0.717, 1.165) is 12.8 Å². The summed E-state index contributed by atoms with van der Waals surface area (Å²) in [6.07, 6.45) is 5.56. The Morgan fingerprint density at radius 1 is 1.50 bits per heavy atom. The maximum absolute atomic E-state index is 13.3. The Balaban J connectivity index is 1.68. The molecular weight excluding hydrogens is 277 g/mol. The maximum Gasteiger partial charge on any atom is 0.230 e. The van der Waals surface area contributed by atoms with Crippen molar-refractivity contribution in [3.8, 4) is 5.69 Å². The van der Waals surface area contributed by atoms with Gasteiger partial charge in [-0.1, -0.05) is 17.8 Å². The zero-order valence-corrected chi connectivity index (χ0v) is 11.6. The van der Waals surface area contributed by atoms with Crippen LogP contribution in [0.5, 0.6) is 0 Å². The number of hydrogen-bond donors (Lipinski definition) is 1. The molecule has 0 radical (unpaired) electrons. The first-order valence-corrected chi connectivity index (χ1v) is 7.42. The van der Waals surface area contributed by atoms with Crippen LogP contribution in [0.4, 0.5) is 4.39 Å². The minimum atomic E-state index is -0.293. The van der Waals surface area contributed by atoms with Crippen LogP contribution in [0, 0.1) is 5.82 Å². The molecule has 4 nitrogen and oxygen atoms in total. The third-order valence-electron chi connectivity index (χ3n) is 2.97. The Bertz CT molecular complexity index is 624. The van der Waals surface area contributed by atoms with E-state index in [1.165, 1.54) is 23.9 Å². The van der Waals surface area contributed by atoms with Gasteiger partial charge in [-0.2, -0.15) is 0 Å². The van der Waals surface area contributed by atoms with E-state index >= 15 is 0 Å². The number of thioether (sulfide) groups is 1. The number of halogens is 1. The summed E-state index contributed by atoms with van der Waals surface area (Å²) in [6.45, 7) is 0. The highest BCUT2D eigenvalue weighted by atomic mass is 32.2. The third-order valence-corrected chi connectivity index (χ3v) is 3.93. The van der Waals surface area contributed by atoms with Crippen molar-refractivity contribution >= 4 is 17.7 Å². The van der Waals surface area contributed by atoms with Gasteiger partial charge in [0, 0.05) is 18.4 Å². The molecule has 0 atom stereocenters. The second-order valence-electron chi connectivity index (χ2n) is 4.69. The molecule has 1 N–H and O–H groups in total. The zero-order chi connectivity index (χ0) is 13.9. The minimum Gasteiger partial charge on any atom is -0.353 e. The average molecular weight is 291 g/mol. The molecule has 20 heavy (non-hydrogen) atoms. The topological polar surface area (TPSA) is 46.9 Å². The van der Waals surface area contributed by atoms with Crippen molar-refractivity contribution in [2.24, 2.45) is 0 Å². The highest BCUT2D eigenvalue weighted by Gasteiger charge is 2.23. The number of nitrogens with zero attached hydrogens (tertiary/aromatic N) is 2. The Morgan fingerprint density at radius 3 is 3.10 bits per heavy atom. The molecule has 1 heterocycles. The molecule has 1 aliphatic rings. The van der Waals surface area contributed by atoms with E-state index in [1.807, 2.05) is 0 Å². The van der Waals surface area contributed by atoms with Gasteiger partial charge in [0.25, 0.3) is 0 Å². The van der Waals surface area contributed by atoms with Crippen molar-refractivity contribution in [3.05, 3.63) is 42.5 Å². The normalized spacial score (nSPS) is 14.2. The summed E-state index contributed by atoms with van der Waals surface area (Å²) >= 11 is 1.35. The van der Waals surface area contributed by atoms with E-state index in [1.54, 1.807) is 29.1 Å². The van der Waals surface area contributed by atoms with E-state index in [-0.39, 0.29) is 11.7 Å². The fourth-order valence-corrected chi connectivity index (χ4v) is 2.63. The van der Waals surface area contributed by atoms with Crippen LogP contribution in [-0.4, -0.2) is 27.3 Å². The largest absolute Gasteiger partial charge is 0.353 e. The van der Waals surface area contributed by atoms with Crippen LogP contribution in [-0.2, 0) is 4.79 Å². The highest BCUT2D eigenvalue weighted by Crippen LogP contribution is 2.22. The van der Waals surface area contributed by atoms with E-state index < -0.39 is 0 Å². The summed E-state index contributed by atoms with van der Waals surface area (Å²) in [5.74, 6) is 0.0490. The van der Waals surface area contributed by atoms with Gasteiger partial charge >= 0.3 is 0 Å². The number of carbonyl (C=O) groups excluding carboxylic acids is 1. The van der Waals surface area contributed by atoms with E-state index in [0.29, 0.717) is 22.6 Å². The SMILES string of the molecule is O=C(CSc1nccn1-c1cccc(F)c1)NC1CC1. The molecule has 3 rings (SSSR count). The first kappa shape index (κ1) is 13.2. The Hall–Kier alpha value is -1.82. The van der Waals surface area contributed by atoms with Gasteiger partial charge in [-0.15, -0.1) is 0 Å². The number of amides is 1. The lowest BCUT2D eigenvalue weighted by atomic mass is 10.3. The van der Waals surface area contributed by atoms with Crippen LogP contribution < -0.4 is 5.32 Å². The van der Waals surface area contributed by atoms with E-state index in [9.17, 15) is 9.18 Å². The number of imidazole rings is 1. The van der Waals surface area contributed by atoms with E-state index in [4.69, 9.17) is 0 Å². The smallest absolute Gasteiger partial charge is 0.230 e. The number of benzene rings is 1. The second-order valence-corrected chi connectivity index (χ2v) is 5.63. The number of rotatable bonds is 5. The fraction of sp³-hybridized carbons (Fsp3) is 0.286. The summed E-state index contributed by atoms with van der Waals surface area (Å²) in [5, 5.41) is 3.61. The summed E-state index contributed by atoms with van der Waals surface area (Å²) < 4.78 is 15.0. The molecule has 0 saturated heterocycles. The number of nitrogens with one attached hydrogen (secondary N) is 1. The molecule has 1 saturated carbocycles. The van der Waals surface area contributed by atoms with Gasteiger partial charge in [0.2, 0.25) is 5.91 Å². The molecule has 1 aromatic heterocycles. The van der Waals surface area contributed by atoms with Gasteiger partial charge < -0.3 is 5.32 Å². The van der Waals surface area contributed by atoms with Crippen molar-refractivity contribution in [2.75, 3.05) is 5.75 Å². The lowest BCUT2D eigenvalue weighted by Crippen LogP contribution is -2.27. The van der Waals surface area contributed by atoms with Crippen molar-refractivity contribution in [1.82, 2.24) is 14.9 Å². The van der Waals surface area contributed by atoms with E-state index in [2.05, 4.69) is 10.3 Å². The standard InChI is InChI=1S/C14H14FN3OS/c15-10-2-1-3-12(8-10)18-7-6-16-14(18)20-9-13(19)17-11-4-5-11/h1-3,6-8,11H,4-5,9H2,(H,17,19). The molecule has 0 aliphatic heterocycles. The second kappa shape index (κ2) is 5.66. The van der Waals surface area contributed by atoms with Gasteiger partial charge in [0.1, 0.15) is 5.82 Å². The molecule has 1 aliphatic carbocycles. The predicted octanol–water partition coefficient (Wildman–Crippen LogP) is 2.38. The van der Waals surface area contributed by atoms with Crippen LogP contribution in [0.1, 0.15) is 12.8 Å². The average Bonchev–Trinajstić information content (AvgIpc) is 3.11. The van der Waals surface area contributed by atoms with Gasteiger partial charge in [-0.25, -0.2) is 9.37 Å². The minimum absolute atomic E-state index is 0.0197. The quantitative estimate of drug-likeness (QED) is 0.860. The molecule has 0 unspecified atom stereocenters. The van der Waals surface area contributed by atoms with Gasteiger partial charge in [-0.05, 0) is 31.0 Å². The van der Waals surface area contributed by atoms with Crippen LogP contribution in [0.25, 0.3) is 5.69 Å². The van der Waals surface area contributed by atoms with Crippen LogP contribution in [0.2, 0.25) is 0 Å². The summed E-state index contributed by atoms with van der Waals surface area (Å²) in [7, 11) is 0. The Morgan fingerprint density at radius 2 is 2.35 bits per heavy atom. The molecular formula is C14H14FN3OS. The third kappa shape index (κ3) is 3.19. The first-order valence-electron chi connectivity index (χ1n) is 6.44. The Kier molecular flexibility index (Phi) is 3.73. The molecule has 6 heteroatoms. The molecule has 0 bridgehead atoms. The summed E-state index contributed by atoms with van der Waals surface area (Å²) in [4.78, 5) is 15.9. The molecule has 104 valence electrons. The molecule has 1 fully saturated rings. The number of hydrogen-bond acceptors (Lipinski definition) is 3. The zero-order valence-electron chi connectivity index (χ0n) is 10.8. The van der Waals surface area contributed by atoms with Crippen molar-refractivity contribution < 1.29 is 9.18 Å². The van der Waals surface area contributed by atoms with Gasteiger partial charge in [0.15, 0.2) is 5.16 Å².